The van der Waals surface area contributed by atoms with Crippen LogP contribution in [0.1, 0.15) is 34.6 Å². The Morgan fingerprint density at radius 2 is 1.50 bits per heavy atom. The summed E-state index contributed by atoms with van der Waals surface area (Å²) in [6.07, 6.45) is -4.31. The number of carbonyl (C=O) groups is 3. The molecule has 2 fully saturated rings. The van der Waals surface area contributed by atoms with Crippen LogP contribution in [0.4, 0.5) is 0 Å². The van der Waals surface area contributed by atoms with Crippen LogP contribution in [0, 0.1) is 0 Å². The van der Waals surface area contributed by atoms with Crippen LogP contribution in [0.15, 0.2) is 0 Å². The average Bonchev–Trinajstić information content (AvgIpc) is 2.74. The Bertz CT molecular complexity index is 515. The Morgan fingerprint density at radius 1 is 0.917 bits per heavy atom. The van der Waals surface area contributed by atoms with Crippen molar-refractivity contribution in [2.24, 2.45) is 0 Å². The molecular formula is C15H22O9. The van der Waals surface area contributed by atoms with Crippen LogP contribution in [0.5, 0.6) is 0 Å². The van der Waals surface area contributed by atoms with Gasteiger partial charge >= 0.3 is 17.9 Å². The highest BCUT2D eigenvalue weighted by atomic mass is 16.8. The number of fused-ring (bicyclic) bond motifs is 1. The molecule has 0 saturated carbocycles. The molecule has 0 aromatic carbocycles. The molecule has 0 bridgehead atoms. The minimum Gasteiger partial charge on any atom is -0.463 e. The summed E-state index contributed by atoms with van der Waals surface area (Å²) in [6, 6.07) is 0. The molecule has 2 aliphatic rings. The van der Waals surface area contributed by atoms with Crippen LogP contribution in [-0.4, -0.2) is 61.0 Å². The summed E-state index contributed by atoms with van der Waals surface area (Å²) in [5, 5.41) is 0. The number of hydrogen-bond donors (Lipinski definition) is 0. The number of esters is 3. The first-order chi connectivity index (χ1) is 11.1. The molecular weight excluding hydrogens is 324 g/mol. The summed E-state index contributed by atoms with van der Waals surface area (Å²) in [7, 11) is 0. The third-order valence-corrected chi connectivity index (χ3v) is 3.47. The van der Waals surface area contributed by atoms with Gasteiger partial charge in [-0.25, -0.2) is 0 Å². The van der Waals surface area contributed by atoms with Crippen LogP contribution in [0.25, 0.3) is 0 Å². The molecule has 0 unspecified atom stereocenters. The molecule has 0 aliphatic carbocycles. The summed E-state index contributed by atoms with van der Waals surface area (Å²) in [4.78, 5) is 33.8. The van der Waals surface area contributed by atoms with E-state index < -0.39 is 54.4 Å². The minimum atomic E-state index is -1.19. The Balaban J connectivity index is 2.26. The topological polar surface area (TPSA) is 107 Å². The number of carbonyl (C=O) groups excluding carboxylic acids is 3. The molecule has 0 aromatic heterocycles. The molecule has 0 spiro atoms. The lowest BCUT2D eigenvalue weighted by molar-refractivity contribution is -0.278. The first kappa shape index (κ1) is 18.6. The second-order valence-electron chi connectivity index (χ2n) is 6.09. The van der Waals surface area contributed by atoms with Gasteiger partial charge in [-0.15, -0.1) is 0 Å². The van der Waals surface area contributed by atoms with Crippen molar-refractivity contribution in [3.05, 3.63) is 0 Å². The highest BCUT2D eigenvalue weighted by Crippen LogP contribution is 2.39. The normalized spacial score (nSPS) is 34.1. The molecule has 2 saturated heterocycles. The molecule has 0 radical (unpaired) electrons. The molecule has 9 heteroatoms. The van der Waals surface area contributed by atoms with Gasteiger partial charge in [0.2, 0.25) is 6.29 Å². The number of rotatable bonds is 4. The van der Waals surface area contributed by atoms with Gasteiger partial charge < -0.3 is 28.4 Å². The quantitative estimate of drug-likeness (QED) is 0.524. The van der Waals surface area contributed by atoms with Crippen molar-refractivity contribution in [1.82, 2.24) is 0 Å². The third kappa shape index (κ3) is 4.43. The second kappa shape index (κ2) is 7.04. The zero-order valence-corrected chi connectivity index (χ0v) is 14.3. The van der Waals surface area contributed by atoms with Crippen LogP contribution in [-0.2, 0) is 42.8 Å². The van der Waals surface area contributed by atoms with Gasteiger partial charge in [0.15, 0.2) is 11.9 Å². The SMILES string of the molecule is CC(=O)OC[C@H]1O[C@@H](OC(C)=O)[C@H](OC(C)=O)[C@H]2OC(C)(C)O[C@H]21. The van der Waals surface area contributed by atoms with Crippen molar-refractivity contribution in [3.8, 4) is 0 Å². The standard InChI is InChI=1S/C15H22O9/c1-7(16)19-6-10-11-12(24-15(4,5)23-11)13(20-8(2)17)14(22-10)21-9(3)18/h10-14H,6H2,1-5H3/t10-,11+,12+,13-,14-/m1/s1. The van der Waals surface area contributed by atoms with E-state index in [2.05, 4.69) is 0 Å². The van der Waals surface area contributed by atoms with Crippen LogP contribution >= 0.6 is 0 Å². The predicted octanol–water partition coefficient (Wildman–Crippen LogP) is 0.289. The maximum Gasteiger partial charge on any atom is 0.305 e. The van der Waals surface area contributed by atoms with E-state index in [9.17, 15) is 14.4 Å². The van der Waals surface area contributed by atoms with Crippen molar-refractivity contribution in [2.45, 2.75) is 71.1 Å². The fraction of sp³-hybridized carbons (Fsp3) is 0.800. The zero-order chi connectivity index (χ0) is 18.1. The molecule has 2 heterocycles. The van der Waals surface area contributed by atoms with E-state index in [1.165, 1.54) is 20.8 Å². The summed E-state index contributed by atoms with van der Waals surface area (Å²) in [5.74, 6) is -2.64. The van der Waals surface area contributed by atoms with Crippen molar-refractivity contribution < 1.29 is 42.8 Å². The predicted molar refractivity (Wildman–Crippen MR) is 76.4 cm³/mol. The van der Waals surface area contributed by atoms with Crippen molar-refractivity contribution >= 4 is 17.9 Å². The zero-order valence-electron chi connectivity index (χ0n) is 14.3. The maximum atomic E-state index is 11.4. The van der Waals surface area contributed by atoms with Gasteiger partial charge in [-0.05, 0) is 13.8 Å². The number of ether oxygens (including phenoxy) is 6. The van der Waals surface area contributed by atoms with Crippen LogP contribution in [0.2, 0.25) is 0 Å². The third-order valence-electron chi connectivity index (χ3n) is 3.47. The Labute approximate surface area is 139 Å². The molecule has 0 amide bonds. The van der Waals surface area contributed by atoms with E-state index in [1.807, 2.05) is 0 Å². The molecule has 2 rings (SSSR count). The van der Waals surface area contributed by atoms with E-state index >= 15 is 0 Å². The monoisotopic (exact) mass is 346 g/mol. The van der Waals surface area contributed by atoms with Gasteiger partial charge in [0.1, 0.15) is 24.9 Å². The molecule has 2 aliphatic heterocycles. The van der Waals surface area contributed by atoms with E-state index in [0.29, 0.717) is 0 Å². The smallest absolute Gasteiger partial charge is 0.305 e. The number of hydrogen-bond acceptors (Lipinski definition) is 9. The molecule has 24 heavy (non-hydrogen) atoms. The average molecular weight is 346 g/mol. The summed E-state index contributed by atoms with van der Waals surface area (Å²) in [6.45, 7) is 6.98. The van der Waals surface area contributed by atoms with E-state index in [0.717, 1.165) is 0 Å². The van der Waals surface area contributed by atoms with Crippen molar-refractivity contribution in [3.63, 3.8) is 0 Å². The lowest BCUT2D eigenvalue weighted by Crippen LogP contribution is -2.59. The highest BCUT2D eigenvalue weighted by molar-refractivity contribution is 5.67. The Hall–Kier alpha value is -1.71. The van der Waals surface area contributed by atoms with Crippen LogP contribution in [0.3, 0.4) is 0 Å². The fourth-order valence-electron chi connectivity index (χ4n) is 2.75. The Morgan fingerprint density at radius 3 is 2.04 bits per heavy atom. The van der Waals surface area contributed by atoms with Gasteiger partial charge in [-0.2, -0.15) is 0 Å². The highest BCUT2D eigenvalue weighted by Gasteiger charge is 2.58. The lowest BCUT2D eigenvalue weighted by atomic mass is 9.99. The van der Waals surface area contributed by atoms with Crippen molar-refractivity contribution in [1.29, 1.82) is 0 Å². The molecule has 0 N–H and O–H groups in total. The minimum absolute atomic E-state index is 0.111. The first-order valence-corrected chi connectivity index (χ1v) is 7.58. The van der Waals surface area contributed by atoms with E-state index in [1.54, 1.807) is 13.8 Å². The van der Waals surface area contributed by atoms with E-state index in [4.69, 9.17) is 28.4 Å². The van der Waals surface area contributed by atoms with Gasteiger partial charge in [-0.3, -0.25) is 14.4 Å². The van der Waals surface area contributed by atoms with Gasteiger partial charge in [-0.1, -0.05) is 0 Å². The van der Waals surface area contributed by atoms with Crippen molar-refractivity contribution in [2.75, 3.05) is 6.61 Å². The lowest BCUT2D eigenvalue weighted by Gasteiger charge is -2.40. The van der Waals surface area contributed by atoms with Crippen LogP contribution < -0.4 is 0 Å². The summed E-state index contributed by atoms with van der Waals surface area (Å²) >= 11 is 0. The van der Waals surface area contributed by atoms with Gasteiger partial charge in [0, 0.05) is 20.8 Å². The van der Waals surface area contributed by atoms with Gasteiger partial charge in [0.05, 0.1) is 0 Å². The summed E-state index contributed by atoms with van der Waals surface area (Å²) in [5.41, 5.74) is 0. The van der Waals surface area contributed by atoms with Gasteiger partial charge in [0.25, 0.3) is 0 Å². The van der Waals surface area contributed by atoms with E-state index in [-0.39, 0.29) is 6.61 Å². The first-order valence-electron chi connectivity index (χ1n) is 7.58. The molecule has 5 atom stereocenters. The maximum absolute atomic E-state index is 11.4. The molecule has 9 nitrogen and oxygen atoms in total. The second-order valence-corrected chi connectivity index (χ2v) is 6.09. The summed E-state index contributed by atoms with van der Waals surface area (Å²) < 4.78 is 32.6. The Kier molecular flexibility index (Phi) is 5.46. The molecule has 136 valence electrons. The molecule has 0 aromatic rings. The largest absolute Gasteiger partial charge is 0.463 e. The fourth-order valence-corrected chi connectivity index (χ4v) is 2.75.